The zero-order chi connectivity index (χ0) is 10.5. The average Bonchev–Trinajstić information content (AvgIpc) is 2.79. The minimum absolute atomic E-state index is 0.682. The fourth-order valence-electron chi connectivity index (χ4n) is 2.20. The molecule has 84 valence electrons. The van der Waals surface area contributed by atoms with Crippen molar-refractivity contribution in [3.63, 3.8) is 0 Å². The van der Waals surface area contributed by atoms with Crippen molar-refractivity contribution in [1.82, 2.24) is 5.32 Å². The van der Waals surface area contributed by atoms with E-state index in [1.54, 1.807) is 6.26 Å². The molecule has 2 rings (SSSR count). The van der Waals surface area contributed by atoms with Gasteiger partial charge in [0.05, 0.1) is 12.8 Å². The Kier molecular flexibility index (Phi) is 4.15. The van der Waals surface area contributed by atoms with Crippen molar-refractivity contribution in [2.45, 2.75) is 43.5 Å². The SMILES string of the molecule is CSC1CCCC(NCc2ccco2)C1. The van der Waals surface area contributed by atoms with Gasteiger partial charge in [0.1, 0.15) is 5.76 Å². The Bertz CT molecular complexity index is 273. The molecule has 0 radical (unpaired) electrons. The Labute approximate surface area is 95.8 Å². The molecule has 0 saturated heterocycles. The Morgan fingerprint density at radius 1 is 1.53 bits per heavy atom. The van der Waals surface area contributed by atoms with Crippen LogP contribution in [0.25, 0.3) is 0 Å². The van der Waals surface area contributed by atoms with Gasteiger partial charge in [-0.2, -0.15) is 11.8 Å². The summed E-state index contributed by atoms with van der Waals surface area (Å²) in [6, 6.07) is 4.66. The maximum Gasteiger partial charge on any atom is 0.117 e. The topological polar surface area (TPSA) is 25.2 Å². The van der Waals surface area contributed by atoms with E-state index in [9.17, 15) is 0 Å². The first-order valence-corrected chi connectivity index (χ1v) is 6.96. The van der Waals surface area contributed by atoms with Crippen LogP contribution >= 0.6 is 11.8 Å². The highest BCUT2D eigenvalue weighted by atomic mass is 32.2. The van der Waals surface area contributed by atoms with Crippen molar-refractivity contribution in [3.8, 4) is 0 Å². The monoisotopic (exact) mass is 225 g/mol. The quantitative estimate of drug-likeness (QED) is 0.852. The van der Waals surface area contributed by atoms with Crippen LogP contribution in [-0.4, -0.2) is 17.5 Å². The molecule has 2 atom stereocenters. The first-order chi connectivity index (χ1) is 7.38. The number of furan rings is 1. The van der Waals surface area contributed by atoms with Crippen molar-refractivity contribution >= 4 is 11.8 Å². The second-order valence-corrected chi connectivity index (χ2v) is 5.32. The molecule has 1 heterocycles. The van der Waals surface area contributed by atoms with Crippen LogP contribution in [0.2, 0.25) is 0 Å². The highest BCUT2D eigenvalue weighted by Crippen LogP contribution is 2.26. The molecule has 3 heteroatoms. The fourth-order valence-corrected chi connectivity index (χ4v) is 3.03. The molecule has 1 fully saturated rings. The largest absolute Gasteiger partial charge is 0.468 e. The van der Waals surface area contributed by atoms with Gasteiger partial charge in [-0.3, -0.25) is 0 Å². The molecule has 2 nitrogen and oxygen atoms in total. The van der Waals surface area contributed by atoms with Crippen LogP contribution in [-0.2, 0) is 6.54 Å². The van der Waals surface area contributed by atoms with Crippen molar-refractivity contribution in [2.75, 3.05) is 6.26 Å². The second kappa shape index (κ2) is 5.61. The van der Waals surface area contributed by atoms with E-state index in [0.717, 1.165) is 17.6 Å². The predicted octanol–water partition coefficient (Wildman–Crippen LogP) is 3.04. The normalized spacial score (nSPS) is 26.7. The molecule has 1 aromatic rings. The van der Waals surface area contributed by atoms with E-state index >= 15 is 0 Å². The number of hydrogen-bond donors (Lipinski definition) is 1. The summed E-state index contributed by atoms with van der Waals surface area (Å²) in [6.07, 6.45) is 9.34. The van der Waals surface area contributed by atoms with Crippen molar-refractivity contribution in [1.29, 1.82) is 0 Å². The van der Waals surface area contributed by atoms with E-state index in [0.29, 0.717) is 6.04 Å². The molecule has 0 aliphatic heterocycles. The Hall–Kier alpha value is -0.410. The first-order valence-electron chi connectivity index (χ1n) is 5.67. The maximum atomic E-state index is 5.31. The van der Waals surface area contributed by atoms with Gasteiger partial charge in [-0.25, -0.2) is 0 Å². The lowest BCUT2D eigenvalue weighted by atomic mass is 9.95. The van der Waals surface area contributed by atoms with E-state index < -0.39 is 0 Å². The third-order valence-corrected chi connectivity index (χ3v) is 4.20. The Morgan fingerprint density at radius 2 is 2.47 bits per heavy atom. The van der Waals surface area contributed by atoms with Crippen LogP contribution in [0.4, 0.5) is 0 Å². The van der Waals surface area contributed by atoms with Gasteiger partial charge >= 0.3 is 0 Å². The van der Waals surface area contributed by atoms with Gasteiger partial charge < -0.3 is 9.73 Å². The molecule has 0 bridgehead atoms. The molecule has 2 unspecified atom stereocenters. The lowest BCUT2D eigenvalue weighted by Gasteiger charge is -2.28. The minimum Gasteiger partial charge on any atom is -0.468 e. The van der Waals surface area contributed by atoms with Gasteiger partial charge in [-0.15, -0.1) is 0 Å². The third-order valence-electron chi connectivity index (χ3n) is 3.10. The molecule has 1 aliphatic rings. The summed E-state index contributed by atoms with van der Waals surface area (Å²) in [6.45, 7) is 0.874. The summed E-state index contributed by atoms with van der Waals surface area (Å²) in [5.41, 5.74) is 0. The van der Waals surface area contributed by atoms with Crippen LogP contribution in [0, 0.1) is 0 Å². The highest BCUT2D eigenvalue weighted by molar-refractivity contribution is 7.99. The van der Waals surface area contributed by atoms with E-state index in [1.165, 1.54) is 25.7 Å². The fraction of sp³-hybridized carbons (Fsp3) is 0.667. The minimum atomic E-state index is 0.682. The lowest BCUT2D eigenvalue weighted by molar-refractivity contribution is 0.363. The number of thioether (sulfide) groups is 1. The van der Waals surface area contributed by atoms with Crippen molar-refractivity contribution in [3.05, 3.63) is 24.2 Å². The number of rotatable bonds is 4. The van der Waals surface area contributed by atoms with E-state index in [-0.39, 0.29) is 0 Å². The average molecular weight is 225 g/mol. The summed E-state index contributed by atoms with van der Waals surface area (Å²) in [5.74, 6) is 1.04. The second-order valence-electron chi connectivity index (χ2n) is 4.18. The van der Waals surface area contributed by atoms with Crippen molar-refractivity contribution < 1.29 is 4.42 Å². The molecular formula is C12H19NOS. The smallest absolute Gasteiger partial charge is 0.117 e. The van der Waals surface area contributed by atoms with Crippen molar-refractivity contribution in [2.24, 2.45) is 0 Å². The number of hydrogen-bond acceptors (Lipinski definition) is 3. The molecule has 1 saturated carbocycles. The zero-order valence-corrected chi connectivity index (χ0v) is 10.1. The summed E-state index contributed by atoms with van der Waals surface area (Å²) >= 11 is 2.01. The van der Waals surface area contributed by atoms with Crippen LogP contribution < -0.4 is 5.32 Å². The van der Waals surface area contributed by atoms with Crippen LogP contribution in [0.5, 0.6) is 0 Å². The standard InChI is InChI=1S/C12H19NOS/c1-15-12-6-2-4-10(8-12)13-9-11-5-3-7-14-11/h3,5,7,10,12-13H,2,4,6,8-9H2,1H3. The van der Waals surface area contributed by atoms with Crippen LogP contribution in [0.15, 0.2) is 22.8 Å². The molecule has 1 N–H and O–H groups in total. The molecule has 1 aliphatic carbocycles. The van der Waals surface area contributed by atoms with E-state index in [2.05, 4.69) is 11.6 Å². The third kappa shape index (κ3) is 3.28. The van der Waals surface area contributed by atoms with E-state index in [4.69, 9.17) is 4.42 Å². The summed E-state index contributed by atoms with van der Waals surface area (Å²) < 4.78 is 5.31. The molecular weight excluding hydrogens is 206 g/mol. The van der Waals surface area contributed by atoms with Gasteiger partial charge in [0.15, 0.2) is 0 Å². The molecule has 0 aromatic carbocycles. The lowest BCUT2D eigenvalue weighted by Crippen LogP contribution is -2.34. The predicted molar refractivity (Wildman–Crippen MR) is 65.1 cm³/mol. The summed E-state index contributed by atoms with van der Waals surface area (Å²) in [5, 5.41) is 4.44. The van der Waals surface area contributed by atoms with Gasteiger partial charge in [0.2, 0.25) is 0 Å². The highest BCUT2D eigenvalue weighted by Gasteiger charge is 2.20. The van der Waals surface area contributed by atoms with E-state index in [1.807, 2.05) is 23.9 Å². The van der Waals surface area contributed by atoms with Gasteiger partial charge in [0, 0.05) is 11.3 Å². The van der Waals surface area contributed by atoms with Crippen LogP contribution in [0.3, 0.4) is 0 Å². The maximum absolute atomic E-state index is 5.31. The Balaban J connectivity index is 1.74. The summed E-state index contributed by atoms with van der Waals surface area (Å²) in [4.78, 5) is 0. The van der Waals surface area contributed by atoms with Gasteiger partial charge in [0.25, 0.3) is 0 Å². The molecule has 0 amide bonds. The summed E-state index contributed by atoms with van der Waals surface area (Å²) in [7, 11) is 0. The number of nitrogens with one attached hydrogen (secondary N) is 1. The van der Waals surface area contributed by atoms with Gasteiger partial charge in [-0.05, 0) is 37.7 Å². The van der Waals surface area contributed by atoms with Gasteiger partial charge in [-0.1, -0.05) is 6.42 Å². The molecule has 15 heavy (non-hydrogen) atoms. The zero-order valence-electron chi connectivity index (χ0n) is 9.24. The molecule has 0 spiro atoms. The molecule has 1 aromatic heterocycles. The first kappa shape index (κ1) is 11.1. The Morgan fingerprint density at radius 3 is 3.20 bits per heavy atom. The van der Waals surface area contributed by atoms with Crippen LogP contribution in [0.1, 0.15) is 31.4 Å².